The highest BCUT2D eigenvalue weighted by Gasteiger charge is 2.26. The monoisotopic (exact) mass is 343 g/mol. The summed E-state index contributed by atoms with van der Waals surface area (Å²) in [5.41, 5.74) is 2.54. The number of benzene rings is 1. The third kappa shape index (κ3) is 3.43. The van der Waals surface area contributed by atoms with Crippen LogP contribution in [0.1, 0.15) is 17.3 Å². The largest absolute Gasteiger partial charge is 0.373 e. The summed E-state index contributed by atoms with van der Waals surface area (Å²) >= 11 is 1.46. The van der Waals surface area contributed by atoms with Crippen molar-refractivity contribution in [1.82, 2.24) is 5.32 Å². The SMILES string of the molecule is CC1CN(C)c2ccccc2N(C(=O)CNC(=O)c2ccsc2)C1. The number of para-hydroxylation sites is 2. The number of carbonyl (C=O) groups excluding carboxylic acids is 2. The van der Waals surface area contributed by atoms with E-state index in [1.165, 1.54) is 11.3 Å². The van der Waals surface area contributed by atoms with Crippen LogP contribution in [0, 0.1) is 5.92 Å². The van der Waals surface area contributed by atoms with E-state index in [1.54, 1.807) is 16.3 Å². The van der Waals surface area contributed by atoms with E-state index in [0.29, 0.717) is 18.0 Å². The van der Waals surface area contributed by atoms with Crippen molar-refractivity contribution in [2.75, 3.05) is 36.5 Å². The molecule has 1 atom stereocenters. The van der Waals surface area contributed by atoms with Crippen molar-refractivity contribution < 1.29 is 9.59 Å². The van der Waals surface area contributed by atoms with Gasteiger partial charge in [-0.05, 0) is 29.5 Å². The summed E-state index contributed by atoms with van der Waals surface area (Å²) in [4.78, 5) is 28.7. The Bertz CT molecular complexity index is 730. The number of anilines is 2. The predicted octanol–water partition coefficient (Wildman–Crippen LogP) is 2.60. The Morgan fingerprint density at radius 2 is 1.96 bits per heavy atom. The van der Waals surface area contributed by atoms with Gasteiger partial charge in [0.25, 0.3) is 5.91 Å². The molecular weight excluding hydrogens is 322 g/mol. The van der Waals surface area contributed by atoms with Gasteiger partial charge in [0.2, 0.25) is 5.91 Å². The van der Waals surface area contributed by atoms with Crippen LogP contribution in [0.5, 0.6) is 0 Å². The average Bonchev–Trinajstić information content (AvgIpc) is 3.08. The lowest BCUT2D eigenvalue weighted by Gasteiger charge is -2.24. The second kappa shape index (κ2) is 7.05. The van der Waals surface area contributed by atoms with Crippen molar-refractivity contribution in [3.8, 4) is 0 Å². The molecule has 1 N–H and O–H groups in total. The minimum Gasteiger partial charge on any atom is -0.373 e. The molecule has 126 valence electrons. The Morgan fingerprint density at radius 3 is 2.67 bits per heavy atom. The standard InChI is InChI=1S/C18H21N3O2S/c1-13-10-20(2)15-5-3-4-6-16(15)21(11-13)17(22)9-19-18(23)14-7-8-24-12-14/h3-8,12-13H,9-11H2,1-2H3,(H,19,23). The van der Waals surface area contributed by atoms with E-state index in [1.807, 2.05) is 36.7 Å². The maximum Gasteiger partial charge on any atom is 0.252 e. The van der Waals surface area contributed by atoms with Crippen molar-refractivity contribution in [2.45, 2.75) is 6.92 Å². The molecule has 1 aromatic heterocycles. The zero-order valence-corrected chi connectivity index (χ0v) is 14.7. The van der Waals surface area contributed by atoms with Crippen LogP contribution in [-0.4, -0.2) is 38.5 Å². The number of nitrogens with zero attached hydrogens (tertiary/aromatic N) is 2. The Labute approximate surface area is 145 Å². The summed E-state index contributed by atoms with van der Waals surface area (Å²) in [5.74, 6) is 0.0463. The molecule has 1 aliphatic rings. The van der Waals surface area contributed by atoms with Crippen molar-refractivity contribution in [3.05, 3.63) is 46.7 Å². The topological polar surface area (TPSA) is 52.6 Å². The number of carbonyl (C=O) groups is 2. The fourth-order valence-electron chi connectivity index (χ4n) is 3.03. The molecule has 0 saturated heterocycles. The summed E-state index contributed by atoms with van der Waals surface area (Å²) in [7, 11) is 2.04. The molecular formula is C18H21N3O2S. The van der Waals surface area contributed by atoms with E-state index in [0.717, 1.165) is 17.9 Å². The van der Waals surface area contributed by atoms with E-state index in [-0.39, 0.29) is 18.4 Å². The normalized spacial score (nSPS) is 17.2. The van der Waals surface area contributed by atoms with Gasteiger partial charge in [-0.25, -0.2) is 0 Å². The van der Waals surface area contributed by atoms with E-state index < -0.39 is 0 Å². The fraction of sp³-hybridized carbons (Fsp3) is 0.333. The first-order chi connectivity index (χ1) is 11.6. The van der Waals surface area contributed by atoms with Gasteiger partial charge in [0, 0.05) is 31.1 Å². The highest BCUT2D eigenvalue weighted by Crippen LogP contribution is 2.32. The quantitative estimate of drug-likeness (QED) is 0.932. The van der Waals surface area contributed by atoms with Crippen LogP contribution >= 0.6 is 11.3 Å². The third-order valence-corrected chi connectivity index (χ3v) is 4.83. The Kier molecular flexibility index (Phi) is 4.85. The molecule has 0 fully saturated rings. The van der Waals surface area contributed by atoms with E-state index >= 15 is 0 Å². The van der Waals surface area contributed by atoms with Gasteiger partial charge >= 0.3 is 0 Å². The molecule has 1 aromatic carbocycles. The number of amides is 2. The van der Waals surface area contributed by atoms with E-state index in [2.05, 4.69) is 17.1 Å². The molecule has 0 spiro atoms. The summed E-state index contributed by atoms with van der Waals surface area (Å²) in [6.07, 6.45) is 0. The smallest absolute Gasteiger partial charge is 0.252 e. The molecule has 2 amide bonds. The molecule has 5 nitrogen and oxygen atoms in total. The van der Waals surface area contributed by atoms with E-state index in [9.17, 15) is 9.59 Å². The van der Waals surface area contributed by atoms with Crippen LogP contribution in [0.2, 0.25) is 0 Å². The van der Waals surface area contributed by atoms with Gasteiger partial charge < -0.3 is 15.1 Å². The van der Waals surface area contributed by atoms with Gasteiger partial charge in [-0.3, -0.25) is 9.59 Å². The van der Waals surface area contributed by atoms with Gasteiger partial charge in [0.15, 0.2) is 0 Å². The van der Waals surface area contributed by atoms with Crippen molar-refractivity contribution in [3.63, 3.8) is 0 Å². The van der Waals surface area contributed by atoms with Crippen molar-refractivity contribution in [1.29, 1.82) is 0 Å². The van der Waals surface area contributed by atoms with Crippen LogP contribution in [0.3, 0.4) is 0 Å². The minimum atomic E-state index is -0.210. The van der Waals surface area contributed by atoms with Crippen LogP contribution in [0.25, 0.3) is 0 Å². The first-order valence-corrected chi connectivity index (χ1v) is 8.91. The molecule has 0 bridgehead atoms. The Hall–Kier alpha value is -2.34. The highest BCUT2D eigenvalue weighted by atomic mass is 32.1. The third-order valence-electron chi connectivity index (χ3n) is 4.15. The number of hydrogen-bond acceptors (Lipinski definition) is 4. The van der Waals surface area contributed by atoms with Crippen LogP contribution < -0.4 is 15.1 Å². The number of hydrogen-bond donors (Lipinski definition) is 1. The minimum absolute atomic E-state index is 0.000547. The van der Waals surface area contributed by atoms with E-state index in [4.69, 9.17) is 0 Å². The van der Waals surface area contributed by atoms with Crippen LogP contribution in [0.4, 0.5) is 11.4 Å². The average molecular weight is 343 g/mol. The van der Waals surface area contributed by atoms with Crippen molar-refractivity contribution in [2.24, 2.45) is 5.92 Å². The zero-order valence-electron chi connectivity index (χ0n) is 13.9. The molecule has 0 saturated carbocycles. The molecule has 24 heavy (non-hydrogen) atoms. The molecule has 1 unspecified atom stereocenters. The molecule has 3 rings (SSSR count). The molecule has 6 heteroatoms. The van der Waals surface area contributed by atoms with Gasteiger partial charge in [-0.1, -0.05) is 19.1 Å². The number of rotatable bonds is 3. The zero-order chi connectivity index (χ0) is 17.1. The lowest BCUT2D eigenvalue weighted by atomic mass is 10.1. The van der Waals surface area contributed by atoms with Gasteiger partial charge in [0.05, 0.1) is 17.9 Å². The van der Waals surface area contributed by atoms with Gasteiger partial charge in [-0.2, -0.15) is 11.3 Å². The lowest BCUT2D eigenvalue weighted by Crippen LogP contribution is -2.42. The first kappa shape index (κ1) is 16.5. The Morgan fingerprint density at radius 1 is 1.21 bits per heavy atom. The predicted molar refractivity (Wildman–Crippen MR) is 97.9 cm³/mol. The first-order valence-electron chi connectivity index (χ1n) is 7.97. The second-order valence-corrected chi connectivity index (χ2v) is 6.95. The van der Waals surface area contributed by atoms with Crippen LogP contribution in [0.15, 0.2) is 41.1 Å². The van der Waals surface area contributed by atoms with Gasteiger partial charge in [-0.15, -0.1) is 0 Å². The van der Waals surface area contributed by atoms with Gasteiger partial charge in [0.1, 0.15) is 0 Å². The molecule has 0 radical (unpaired) electrons. The molecule has 1 aliphatic heterocycles. The van der Waals surface area contributed by atoms with Crippen molar-refractivity contribution >= 4 is 34.5 Å². The summed E-state index contributed by atoms with van der Waals surface area (Å²) in [6.45, 7) is 3.67. The number of nitrogens with one attached hydrogen (secondary N) is 1. The Balaban J connectivity index is 1.75. The number of fused-ring (bicyclic) bond motifs is 1. The lowest BCUT2D eigenvalue weighted by molar-refractivity contribution is -0.117. The number of thiophene rings is 1. The summed E-state index contributed by atoms with van der Waals surface area (Å²) < 4.78 is 0. The van der Waals surface area contributed by atoms with Crippen LogP contribution in [-0.2, 0) is 4.79 Å². The maximum atomic E-state index is 12.7. The molecule has 2 aromatic rings. The molecule has 2 heterocycles. The molecule has 0 aliphatic carbocycles. The summed E-state index contributed by atoms with van der Waals surface area (Å²) in [5, 5.41) is 6.34. The maximum absolute atomic E-state index is 12.7. The highest BCUT2D eigenvalue weighted by molar-refractivity contribution is 7.08. The summed E-state index contributed by atoms with van der Waals surface area (Å²) in [6, 6.07) is 9.65. The fourth-order valence-corrected chi connectivity index (χ4v) is 3.67. The second-order valence-electron chi connectivity index (χ2n) is 6.17.